The summed E-state index contributed by atoms with van der Waals surface area (Å²) < 4.78 is 5.18. The van der Waals surface area contributed by atoms with Crippen molar-refractivity contribution in [3.05, 3.63) is 33.8 Å². The number of H-pyrrole nitrogens is 2. The number of piperidine rings is 1. The standard InChI is InChI=1S/C14H19N5O3/c1-2-5-9-8-10(18-22-9)13(20)19-7-4-3-6-11(19)12-15-14(21)17-16-12/h8,11H,2-7H2,1H3,(H2,15,16,17,21). The van der Waals surface area contributed by atoms with E-state index in [0.717, 1.165) is 32.1 Å². The van der Waals surface area contributed by atoms with E-state index in [0.29, 0.717) is 23.8 Å². The number of likely N-dealkylation sites (tertiary alicyclic amines) is 1. The third-order valence-electron chi connectivity index (χ3n) is 3.87. The summed E-state index contributed by atoms with van der Waals surface area (Å²) in [6, 6.07) is 1.47. The molecule has 8 nitrogen and oxygen atoms in total. The van der Waals surface area contributed by atoms with Crippen molar-refractivity contribution in [2.45, 2.75) is 45.1 Å². The number of nitrogens with zero attached hydrogens (tertiary/aromatic N) is 3. The van der Waals surface area contributed by atoms with Gasteiger partial charge in [-0.2, -0.15) is 5.10 Å². The van der Waals surface area contributed by atoms with Crippen LogP contribution in [0.3, 0.4) is 0 Å². The van der Waals surface area contributed by atoms with Crippen molar-refractivity contribution in [1.29, 1.82) is 0 Å². The Labute approximate surface area is 126 Å². The lowest BCUT2D eigenvalue weighted by molar-refractivity contribution is 0.0589. The molecule has 8 heteroatoms. The van der Waals surface area contributed by atoms with Gasteiger partial charge in [-0.25, -0.2) is 9.89 Å². The van der Waals surface area contributed by atoms with Crippen molar-refractivity contribution in [2.24, 2.45) is 0 Å². The molecule has 3 heterocycles. The highest BCUT2D eigenvalue weighted by atomic mass is 16.5. The maximum atomic E-state index is 12.7. The highest BCUT2D eigenvalue weighted by molar-refractivity contribution is 5.92. The number of nitrogens with one attached hydrogen (secondary N) is 2. The van der Waals surface area contributed by atoms with E-state index in [-0.39, 0.29) is 17.6 Å². The molecule has 1 unspecified atom stereocenters. The fraction of sp³-hybridized carbons (Fsp3) is 0.571. The molecule has 0 aliphatic carbocycles. The summed E-state index contributed by atoms with van der Waals surface area (Å²) in [4.78, 5) is 28.3. The number of aryl methyl sites for hydroxylation is 1. The molecule has 2 aromatic heterocycles. The maximum Gasteiger partial charge on any atom is 0.340 e. The SMILES string of the molecule is CCCc1cc(C(=O)N2CCCCC2c2n[nH]c(=O)[nH]2)no1. The van der Waals surface area contributed by atoms with Crippen LogP contribution in [-0.4, -0.2) is 37.7 Å². The van der Waals surface area contributed by atoms with Crippen LogP contribution in [0.1, 0.15) is 60.7 Å². The molecule has 118 valence electrons. The highest BCUT2D eigenvalue weighted by Crippen LogP contribution is 2.29. The van der Waals surface area contributed by atoms with Crippen LogP contribution in [0.5, 0.6) is 0 Å². The molecule has 1 aliphatic rings. The Morgan fingerprint density at radius 1 is 1.50 bits per heavy atom. The highest BCUT2D eigenvalue weighted by Gasteiger charge is 2.32. The van der Waals surface area contributed by atoms with E-state index in [1.54, 1.807) is 11.0 Å². The minimum absolute atomic E-state index is 0.181. The van der Waals surface area contributed by atoms with Crippen LogP contribution >= 0.6 is 0 Å². The Balaban J connectivity index is 1.83. The maximum absolute atomic E-state index is 12.7. The molecule has 1 fully saturated rings. The van der Waals surface area contributed by atoms with Crippen molar-refractivity contribution in [1.82, 2.24) is 25.2 Å². The molecular weight excluding hydrogens is 286 g/mol. The van der Waals surface area contributed by atoms with Gasteiger partial charge in [0.1, 0.15) is 5.76 Å². The van der Waals surface area contributed by atoms with E-state index < -0.39 is 0 Å². The fourth-order valence-electron chi connectivity index (χ4n) is 2.83. The van der Waals surface area contributed by atoms with Gasteiger partial charge in [0.2, 0.25) is 0 Å². The zero-order valence-corrected chi connectivity index (χ0v) is 12.5. The van der Waals surface area contributed by atoms with Gasteiger partial charge in [0.15, 0.2) is 11.5 Å². The van der Waals surface area contributed by atoms with Gasteiger partial charge in [-0.15, -0.1) is 0 Å². The van der Waals surface area contributed by atoms with E-state index in [2.05, 4.69) is 20.3 Å². The molecule has 2 N–H and O–H groups in total. The molecule has 1 aliphatic heterocycles. The summed E-state index contributed by atoms with van der Waals surface area (Å²) in [5.41, 5.74) is -0.0483. The number of carbonyl (C=O) groups is 1. The predicted molar refractivity (Wildman–Crippen MR) is 77.3 cm³/mol. The Bertz CT molecular complexity index is 701. The first-order valence-electron chi connectivity index (χ1n) is 7.60. The van der Waals surface area contributed by atoms with Crippen molar-refractivity contribution in [3.8, 4) is 0 Å². The third-order valence-corrected chi connectivity index (χ3v) is 3.87. The quantitative estimate of drug-likeness (QED) is 0.887. The van der Waals surface area contributed by atoms with Gasteiger partial charge in [-0.1, -0.05) is 12.1 Å². The van der Waals surface area contributed by atoms with Crippen LogP contribution in [0.2, 0.25) is 0 Å². The fourth-order valence-corrected chi connectivity index (χ4v) is 2.83. The largest absolute Gasteiger partial charge is 0.361 e. The van der Waals surface area contributed by atoms with Gasteiger partial charge < -0.3 is 9.42 Å². The lowest BCUT2D eigenvalue weighted by atomic mass is 10.0. The Hall–Kier alpha value is -2.38. The molecule has 0 radical (unpaired) electrons. The molecular formula is C14H19N5O3. The molecule has 0 bridgehead atoms. The van der Waals surface area contributed by atoms with E-state index in [4.69, 9.17) is 4.52 Å². The first-order valence-corrected chi connectivity index (χ1v) is 7.60. The predicted octanol–water partition coefficient (Wildman–Crippen LogP) is 1.41. The Morgan fingerprint density at radius 3 is 3.09 bits per heavy atom. The van der Waals surface area contributed by atoms with Gasteiger partial charge in [0, 0.05) is 19.0 Å². The lowest BCUT2D eigenvalue weighted by Crippen LogP contribution is -2.39. The monoisotopic (exact) mass is 305 g/mol. The molecule has 2 aromatic rings. The summed E-state index contributed by atoms with van der Waals surface area (Å²) in [5, 5.41) is 10.2. The average molecular weight is 305 g/mol. The molecule has 22 heavy (non-hydrogen) atoms. The lowest BCUT2D eigenvalue weighted by Gasteiger charge is -2.33. The molecule has 0 saturated carbocycles. The van der Waals surface area contributed by atoms with Crippen molar-refractivity contribution in [3.63, 3.8) is 0 Å². The van der Waals surface area contributed by atoms with Crippen molar-refractivity contribution in [2.75, 3.05) is 6.54 Å². The van der Waals surface area contributed by atoms with Gasteiger partial charge in [0.25, 0.3) is 5.91 Å². The second-order valence-corrected chi connectivity index (χ2v) is 5.50. The zero-order valence-electron chi connectivity index (χ0n) is 12.5. The Morgan fingerprint density at radius 2 is 2.36 bits per heavy atom. The summed E-state index contributed by atoms with van der Waals surface area (Å²) in [6.07, 6.45) is 4.38. The van der Waals surface area contributed by atoms with Crippen molar-refractivity contribution >= 4 is 5.91 Å². The third kappa shape index (κ3) is 2.81. The number of rotatable bonds is 4. The normalized spacial score (nSPS) is 18.6. The molecule has 0 aromatic carbocycles. The first kappa shape index (κ1) is 14.6. The molecule has 1 atom stereocenters. The summed E-state index contributed by atoms with van der Waals surface area (Å²) >= 11 is 0. The van der Waals surface area contributed by atoms with Crippen LogP contribution in [0, 0.1) is 0 Å². The number of hydrogen-bond donors (Lipinski definition) is 2. The summed E-state index contributed by atoms with van der Waals surface area (Å²) in [6.45, 7) is 2.66. The number of hydrogen-bond acceptors (Lipinski definition) is 5. The molecule has 3 rings (SSSR count). The number of amides is 1. The molecule has 0 spiro atoms. The van der Waals surface area contributed by atoms with E-state index in [9.17, 15) is 9.59 Å². The zero-order chi connectivity index (χ0) is 15.5. The topological polar surface area (TPSA) is 108 Å². The Kier molecular flexibility index (Phi) is 4.08. The number of aromatic amines is 2. The van der Waals surface area contributed by atoms with E-state index in [1.807, 2.05) is 6.92 Å². The number of aromatic nitrogens is 4. The van der Waals surface area contributed by atoms with Gasteiger partial charge >= 0.3 is 5.69 Å². The second kappa shape index (κ2) is 6.17. The minimum Gasteiger partial charge on any atom is -0.361 e. The van der Waals surface area contributed by atoms with Crippen LogP contribution < -0.4 is 5.69 Å². The minimum atomic E-state index is -0.361. The summed E-state index contributed by atoms with van der Waals surface area (Å²) in [7, 11) is 0. The van der Waals surface area contributed by atoms with E-state index in [1.165, 1.54) is 0 Å². The molecule has 1 saturated heterocycles. The van der Waals surface area contributed by atoms with Gasteiger partial charge in [-0.3, -0.25) is 9.78 Å². The van der Waals surface area contributed by atoms with Crippen LogP contribution in [0.15, 0.2) is 15.4 Å². The second-order valence-electron chi connectivity index (χ2n) is 5.50. The average Bonchev–Trinajstić information content (AvgIpc) is 3.16. The van der Waals surface area contributed by atoms with Crippen LogP contribution in [0.4, 0.5) is 0 Å². The molecule has 1 amide bonds. The smallest absolute Gasteiger partial charge is 0.340 e. The van der Waals surface area contributed by atoms with Crippen LogP contribution in [-0.2, 0) is 6.42 Å². The van der Waals surface area contributed by atoms with Gasteiger partial charge in [0.05, 0.1) is 6.04 Å². The van der Waals surface area contributed by atoms with Crippen LogP contribution in [0.25, 0.3) is 0 Å². The number of carbonyl (C=O) groups excluding carboxylic acids is 1. The van der Waals surface area contributed by atoms with Gasteiger partial charge in [-0.05, 0) is 25.7 Å². The first-order chi connectivity index (χ1) is 10.7. The summed E-state index contributed by atoms with van der Waals surface area (Å²) in [5.74, 6) is 1.03. The van der Waals surface area contributed by atoms with E-state index >= 15 is 0 Å². The van der Waals surface area contributed by atoms with Crippen molar-refractivity contribution < 1.29 is 9.32 Å².